The van der Waals surface area contributed by atoms with Gasteiger partial charge in [0.2, 0.25) is 0 Å². The number of benzene rings is 1. The molecule has 0 aromatic heterocycles. The molecule has 1 aromatic rings. The van der Waals surface area contributed by atoms with Crippen molar-refractivity contribution >= 4 is 21.6 Å². The minimum absolute atomic E-state index is 0.112. The third kappa shape index (κ3) is 5.89. The second-order valence-corrected chi connectivity index (χ2v) is 8.17. The maximum atomic E-state index is 11.1. The molecule has 2 N–H and O–H groups in total. The highest BCUT2D eigenvalue weighted by Crippen LogP contribution is 2.25. The van der Waals surface area contributed by atoms with Crippen LogP contribution in [0.15, 0.2) is 23.1 Å². The lowest BCUT2D eigenvalue weighted by Gasteiger charge is -2.12. The minimum Gasteiger partial charge on any atom is -0.328 e. The lowest BCUT2D eigenvalue weighted by molar-refractivity contribution is 0.603. The highest BCUT2D eigenvalue weighted by Gasteiger charge is 2.08. The number of thioether (sulfide) groups is 1. The van der Waals surface area contributed by atoms with Crippen molar-refractivity contribution in [3.8, 4) is 0 Å². The highest BCUT2D eigenvalue weighted by atomic mass is 32.2. The van der Waals surface area contributed by atoms with Gasteiger partial charge in [-0.15, -0.1) is 11.8 Å². The molecule has 0 aliphatic heterocycles. The Morgan fingerprint density at radius 3 is 2.61 bits per heavy atom. The van der Waals surface area contributed by atoms with E-state index in [2.05, 4.69) is 19.1 Å². The van der Waals surface area contributed by atoms with E-state index in [-0.39, 0.29) is 11.8 Å². The van der Waals surface area contributed by atoms with Crippen LogP contribution >= 0.6 is 11.8 Å². The second-order valence-electron chi connectivity index (χ2n) is 4.77. The Kier molecular flexibility index (Phi) is 5.69. The number of sulfone groups is 1. The van der Waals surface area contributed by atoms with Crippen LogP contribution in [0, 0.1) is 6.92 Å². The van der Waals surface area contributed by atoms with Crippen molar-refractivity contribution in [3.05, 3.63) is 29.3 Å². The molecular weight excluding hydrogens is 266 g/mol. The predicted octanol–water partition coefficient (Wildman–Crippen LogP) is 2.02. The summed E-state index contributed by atoms with van der Waals surface area (Å²) < 4.78 is 22.2. The van der Waals surface area contributed by atoms with Crippen molar-refractivity contribution in [1.29, 1.82) is 0 Å². The fraction of sp³-hybridized carbons (Fsp3) is 0.538. The Bertz CT molecular complexity index is 496. The van der Waals surface area contributed by atoms with E-state index in [0.717, 1.165) is 11.3 Å². The van der Waals surface area contributed by atoms with E-state index in [9.17, 15) is 8.42 Å². The molecule has 1 aromatic carbocycles. The van der Waals surface area contributed by atoms with Gasteiger partial charge in [0, 0.05) is 22.9 Å². The Balaban J connectivity index is 2.75. The zero-order valence-electron chi connectivity index (χ0n) is 11.1. The molecule has 0 aliphatic rings. The van der Waals surface area contributed by atoms with Crippen molar-refractivity contribution < 1.29 is 8.42 Å². The standard InChI is InChI=1S/C13H21NO2S2/c1-10-4-5-13(12(8-10)9-11(2)14)17-6-7-18(3,15)16/h4-5,8,11H,6-7,9,14H2,1-3H3. The number of hydrogen-bond acceptors (Lipinski definition) is 4. The first-order chi connectivity index (χ1) is 8.28. The van der Waals surface area contributed by atoms with E-state index in [4.69, 9.17) is 5.73 Å². The normalized spacial score (nSPS) is 13.6. The van der Waals surface area contributed by atoms with E-state index < -0.39 is 9.84 Å². The van der Waals surface area contributed by atoms with Gasteiger partial charge in [-0.2, -0.15) is 0 Å². The number of nitrogens with two attached hydrogens (primary N) is 1. The lowest BCUT2D eigenvalue weighted by atomic mass is 10.1. The van der Waals surface area contributed by atoms with E-state index >= 15 is 0 Å². The molecule has 0 aliphatic carbocycles. The van der Waals surface area contributed by atoms with Crippen molar-refractivity contribution in [2.75, 3.05) is 17.8 Å². The quantitative estimate of drug-likeness (QED) is 0.813. The molecule has 0 saturated carbocycles. The van der Waals surface area contributed by atoms with Gasteiger partial charge in [-0.3, -0.25) is 0 Å². The predicted molar refractivity (Wildman–Crippen MR) is 79.0 cm³/mol. The molecule has 0 heterocycles. The average Bonchev–Trinajstić information content (AvgIpc) is 2.18. The first kappa shape index (κ1) is 15.5. The van der Waals surface area contributed by atoms with Crippen molar-refractivity contribution in [2.45, 2.75) is 31.2 Å². The Morgan fingerprint density at radius 2 is 2.06 bits per heavy atom. The van der Waals surface area contributed by atoms with Crippen LogP contribution in [-0.4, -0.2) is 32.2 Å². The van der Waals surface area contributed by atoms with Gasteiger partial charge in [-0.25, -0.2) is 8.42 Å². The van der Waals surface area contributed by atoms with Gasteiger partial charge in [0.25, 0.3) is 0 Å². The molecule has 0 radical (unpaired) electrons. The number of rotatable bonds is 6. The summed E-state index contributed by atoms with van der Waals surface area (Å²) in [4.78, 5) is 1.14. The Morgan fingerprint density at radius 1 is 1.39 bits per heavy atom. The Hall–Kier alpha value is -0.520. The lowest BCUT2D eigenvalue weighted by Crippen LogP contribution is -2.18. The van der Waals surface area contributed by atoms with Crippen LogP contribution in [0.2, 0.25) is 0 Å². The minimum atomic E-state index is -2.88. The third-order valence-corrected chi connectivity index (χ3v) is 4.79. The molecule has 3 nitrogen and oxygen atoms in total. The van der Waals surface area contributed by atoms with Crippen LogP contribution < -0.4 is 5.73 Å². The summed E-state index contributed by atoms with van der Waals surface area (Å²) in [5.41, 5.74) is 8.25. The molecular formula is C13H21NO2S2. The fourth-order valence-corrected chi connectivity index (χ4v) is 3.91. The summed E-state index contributed by atoms with van der Waals surface area (Å²) >= 11 is 1.59. The first-order valence-electron chi connectivity index (χ1n) is 5.93. The molecule has 0 fully saturated rings. The van der Waals surface area contributed by atoms with Gasteiger partial charge in [0.05, 0.1) is 5.75 Å². The summed E-state index contributed by atoms with van der Waals surface area (Å²) in [5.74, 6) is 0.803. The van der Waals surface area contributed by atoms with E-state index in [0.29, 0.717) is 5.75 Å². The molecule has 1 atom stereocenters. The van der Waals surface area contributed by atoms with Crippen molar-refractivity contribution in [3.63, 3.8) is 0 Å². The molecule has 18 heavy (non-hydrogen) atoms. The summed E-state index contributed by atoms with van der Waals surface area (Å²) in [6.07, 6.45) is 2.09. The van der Waals surface area contributed by atoms with Gasteiger partial charge in [0.15, 0.2) is 0 Å². The Labute approximate surface area is 114 Å². The topological polar surface area (TPSA) is 60.2 Å². The molecule has 0 bridgehead atoms. The van der Waals surface area contributed by atoms with E-state index in [1.165, 1.54) is 17.4 Å². The molecule has 0 spiro atoms. The largest absolute Gasteiger partial charge is 0.328 e. The van der Waals surface area contributed by atoms with Gasteiger partial charge in [-0.1, -0.05) is 17.7 Å². The van der Waals surface area contributed by atoms with Crippen LogP contribution in [0.25, 0.3) is 0 Å². The number of aryl methyl sites for hydroxylation is 1. The summed E-state index contributed by atoms with van der Waals surface area (Å²) in [6.45, 7) is 4.03. The molecule has 1 rings (SSSR count). The summed E-state index contributed by atoms with van der Waals surface area (Å²) in [6, 6.07) is 6.35. The van der Waals surface area contributed by atoms with E-state index in [1.807, 2.05) is 13.0 Å². The SMILES string of the molecule is Cc1ccc(SCCS(C)(=O)=O)c(CC(C)N)c1. The summed E-state index contributed by atoms with van der Waals surface area (Å²) in [7, 11) is -2.88. The molecule has 0 amide bonds. The monoisotopic (exact) mass is 287 g/mol. The van der Waals surface area contributed by atoms with Gasteiger partial charge >= 0.3 is 0 Å². The van der Waals surface area contributed by atoms with Crippen LogP contribution in [-0.2, 0) is 16.3 Å². The third-order valence-electron chi connectivity index (χ3n) is 2.47. The van der Waals surface area contributed by atoms with E-state index in [1.54, 1.807) is 11.8 Å². The fourth-order valence-electron chi connectivity index (χ4n) is 1.66. The maximum absolute atomic E-state index is 11.1. The average molecular weight is 287 g/mol. The van der Waals surface area contributed by atoms with Crippen molar-refractivity contribution in [2.24, 2.45) is 5.73 Å². The van der Waals surface area contributed by atoms with Crippen LogP contribution in [0.3, 0.4) is 0 Å². The van der Waals surface area contributed by atoms with Gasteiger partial charge < -0.3 is 5.73 Å². The first-order valence-corrected chi connectivity index (χ1v) is 8.98. The van der Waals surface area contributed by atoms with Gasteiger partial charge in [0.1, 0.15) is 9.84 Å². The molecule has 1 unspecified atom stereocenters. The smallest absolute Gasteiger partial charge is 0.148 e. The van der Waals surface area contributed by atoms with Crippen LogP contribution in [0.5, 0.6) is 0 Å². The molecule has 0 saturated heterocycles. The zero-order chi connectivity index (χ0) is 13.8. The maximum Gasteiger partial charge on any atom is 0.148 e. The summed E-state index contributed by atoms with van der Waals surface area (Å²) in [5, 5.41) is 0. The van der Waals surface area contributed by atoms with Crippen LogP contribution in [0.1, 0.15) is 18.1 Å². The number of hydrogen-bond donors (Lipinski definition) is 1. The second kappa shape index (κ2) is 6.59. The highest BCUT2D eigenvalue weighted by molar-refractivity contribution is 8.00. The molecule has 5 heteroatoms. The zero-order valence-corrected chi connectivity index (χ0v) is 12.8. The molecule has 102 valence electrons. The van der Waals surface area contributed by atoms with Gasteiger partial charge in [-0.05, 0) is 31.9 Å². The van der Waals surface area contributed by atoms with Crippen LogP contribution in [0.4, 0.5) is 0 Å². The van der Waals surface area contributed by atoms with Crippen molar-refractivity contribution in [1.82, 2.24) is 0 Å².